The summed E-state index contributed by atoms with van der Waals surface area (Å²) in [4.78, 5) is 31.7. The molecule has 8 heteroatoms. The zero-order chi connectivity index (χ0) is 26.0. The Hall–Kier alpha value is -2.74. The lowest BCUT2D eigenvalue weighted by atomic mass is 10.1. The lowest BCUT2D eigenvalue weighted by molar-refractivity contribution is 0.0561. The molecule has 4 rings (SSSR count). The number of aryl methyl sites for hydroxylation is 1. The minimum Gasteiger partial charge on any atom is -0.490 e. The van der Waals surface area contributed by atoms with Crippen LogP contribution in [0.3, 0.4) is 0 Å². The molecule has 2 aliphatic heterocycles. The molecule has 1 aromatic heterocycles. The summed E-state index contributed by atoms with van der Waals surface area (Å²) in [6.07, 6.45) is 1.98. The summed E-state index contributed by atoms with van der Waals surface area (Å²) in [7, 11) is 0. The third-order valence-electron chi connectivity index (χ3n) is 7.46. The van der Waals surface area contributed by atoms with Crippen LogP contribution in [0, 0.1) is 6.92 Å². The number of fused-ring (bicyclic) bond motifs is 1. The van der Waals surface area contributed by atoms with E-state index in [0.717, 1.165) is 48.1 Å². The van der Waals surface area contributed by atoms with Gasteiger partial charge in [-0.15, -0.1) is 0 Å². The molecule has 8 nitrogen and oxygen atoms in total. The second-order valence-corrected chi connectivity index (χ2v) is 10.6. The van der Waals surface area contributed by atoms with Crippen LogP contribution >= 0.6 is 0 Å². The molecule has 0 N–H and O–H groups in total. The van der Waals surface area contributed by atoms with Gasteiger partial charge in [0.05, 0.1) is 6.61 Å². The molecule has 1 aromatic carbocycles. The number of amides is 2. The van der Waals surface area contributed by atoms with E-state index in [-0.39, 0.29) is 24.1 Å². The van der Waals surface area contributed by atoms with E-state index in [0.29, 0.717) is 44.5 Å². The van der Waals surface area contributed by atoms with Crippen LogP contribution in [0.1, 0.15) is 69.6 Å². The molecule has 198 valence electrons. The molecule has 36 heavy (non-hydrogen) atoms. The van der Waals surface area contributed by atoms with Gasteiger partial charge >= 0.3 is 6.09 Å². The van der Waals surface area contributed by atoms with Crippen molar-refractivity contribution in [3.8, 4) is 5.75 Å². The normalized spacial score (nSPS) is 17.9. The van der Waals surface area contributed by atoms with Crippen molar-refractivity contribution in [2.45, 2.75) is 72.6 Å². The third-order valence-corrected chi connectivity index (χ3v) is 7.46. The molecule has 0 radical (unpaired) electrons. The van der Waals surface area contributed by atoms with Crippen molar-refractivity contribution in [3.05, 3.63) is 29.5 Å². The first-order chi connectivity index (χ1) is 17.2. The summed E-state index contributed by atoms with van der Waals surface area (Å²) in [6.45, 7) is 17.1. The van der Waals surface area contributed by atoms with Gasteiger partial charge in [-0.2, -0.15) is 0 Å². The van der Waals surface area contributed by atoms with Crippen LogP contribution in [0.4, 0.5) is 4.79 Å². The van der Waals surface area contributed by atoms with E-state index in [1.165, 1.54) is 0 Å². The third kappa shape index (κ3) is 5.48. The van der Waals surface area contributed by atoms with Crippen LogP contribution in [-0.4, -0.2) is 89.3 Å². The molecular formula is C28H42N4O4. The van der Waals surface area contributed by atoms with E-state index >= 15 is 0 Å². The molecular weight excluding hydrogens is 456 g/mol. The summed E-state index contributed by atoms with van der Waals surface area (Å²) in [5.74, 6) is 0.915. The first-order valence-corrected chi connectivity index (χ1v) is 13.5. The first kappa shape index (κ1) is 26.3. The smallest absolute Gasteiger partial charge is 0.409 e. The van der Waals surface area contributed by atoms with Crippen molar-refractivity contribution in [2.75, 3.05) is 45.9 Å². The number of ether oxygens (including phenoxy) is 2. The van der Waals surface area contributed by atoms with E-state index in [1.54, 1.807) is 11.8 Å². The number of piperidine rings is 1. The molecule has 0 aliphatic carbocycles. The fourth-order valence-corrected chi connectivity index (χ4v) is 5.37. The Bertz CT molecular complexity index is 1080. The number of hydrogen-bond donors (Lipinski definition) is 0. The lowest BCUT2D eigenvalue weighted by Crippen LogP contribution is -2.51. The van der Waals surface area contributed by atoms with E-state index in [1.807, 2.05) is 11.0 Å². The van der Waals surface area contributed by atoms with Gasteiger partial charge in [-0.3, -0.25) is 4.79 Å². The zero-order valence-corrected chi connectivity index (χ0v) is 22.7. The molecule has 0 spiro atoms. The van der Waals surface area contributed by atoms with Crippen molar-refractivity contribution in [3.63, 3.8) is 0 Å². The first-order valence-electron chi connectivity index (χ1n) is 13.5. The van der Waals surface area contributed by atoms with Crippen molar-refractivity contribution in [2.24, 2.45) is 0 Å². The maximum absolute atomic E-state index is 13.6. The highest BCUT2D eigenvalue weighted by Gasteiger charge is 2.29. The van der Waals surface area contributed by atoms with Crippen LogP contribution in [0.25, 0.3) is 10.9 Å². The number of benzene rings is 1. The molecule has 2 saturated heterocycles. The van der Waals surface area contributed by atoms with Gasteiger partial charge in [-0.25, -0.2) is 4.79 Å². The van der Waals surface area contributed by atoms with Crippen molar-refractivity contribution in [1.82, 2.24) is 19.3 Å². The summed E-state index contributed by atoms with van der Waals surface area (Å²) >= 11 is 0. The van der Waals surface area contributed by atoms with Gasteiger partial charge < -0.3 is 28.7 Å². The van der Waals surface area contributed by atoms with Crippen LogP contribution in [0.2, 0.25) is 0 Å². The van der Waals surface area contributed by atoms with Crippen LogP contribution in [0.15, 0.2) is 18.2 Å². The van der Waals surface area contributed by atoms with Crippen LogP contribution in [0.5, 0.6) is 5.75 Å². The second-order valence-electron chi connectivity index (χ2n) is 10.6. The number of likely N-dealkylation sites (tertiary alicyclic amines) is 1. The minimum absolute atomic E-state index is 0.00425. The van der Waals surface area contributed by atoms with E-state index < -0.39 is 0 Å². The zero-order valence-electron chi connectivity index (χ0n) is 22.7. The van der Waals surface area contributed by atoms with E-state index in [9.17, 15) is 9.59 Å². The average Bonchev–Trinajstić information content (AvgIpc) is 3.22. The predicted octanol–water partition coefficient (Wildman–Crippen LogP) is 4.70. The van der Waals surface area contributed by atoms with Gasteiger partial charge in [-0.1, -0.05) is 0 Å². The number of piperazine rings is 1. The molecule has 0 atom stereocenters. The number of nitrogens with zero attached hydrogens (tertiary/aromatic N) is 4. The molecule has 0 bridgehead atoms. The monoisotopic (exact) mass is 498 g/mol. The topological polar surface area (TPSA) is 67.2 Å². The van der Waals surface area contributed by atoms with Crippen molar-refractivity contribution < 1.29 is 19.1 Å². The minimum atomic E-state index is -0.307. The molecule has 2 amide bonds. The predicted molar refractivity (Wildman–Crippen MR) is 142 cm³/mol. The lowest BCUT2D eigenvalue weighted by Gasteiger charge is -2.34. The van der Waals surface area contributed by atoms with Gasteiger partial charge in [0.25, 0.3) is 5.91 Å². The Morgan fingerprint density at radius 1 is 0.917 bits per heavy atom. The number of rotatable bonds is 6. The van der Waals surface area contributed by atoms with Crippen LogP contribution in [-0.2, 0) is 4.74 Å². The molecule has 0 saturated carbocycles. The van der Waals surface area contributed by atoms with E-state index in [2.05, 4.69) is 56.2 Å². The Labute approximate surface area is 215 Å². The molecule has 0 unspecified atom stereocenters. The highest BCUT2D eigenvalue weighted by Crippen LogP contribution is 2.33. The van der Waals surface area contributed by atoms with Crippen LogP contribution < -0.4 is 4.74 Å². The number of aromatic nitrogens is 1. The molecule has 2 fully saturated rings. The summed E-state index contributed by atoms with van der Waals surface area (Å²) in [5.41, 5.74) is 2.83. The van der Waals surface area contributed by atoms with Gasteiger partial charge in [0.15, 0.2) is 0 Å². The summed E-state index contributed by atoms with van der Waals surface area (Å²) in [6, 6.07) is 6.97. The van der Waals surface area contributed by atoms with Gasteiger partial charge in [-0.05, 0) is 78.1 Å². The van der Waals surface area contributed by atoms with E-state index in [4.69, 9.17) is 9.47 Å². The Kier molecular flexibility index (Phi) is 8.13. The Morgan fingerprint density at radius 3 is 2.14 bits per heavy atom. The molecule has 2 aromatic rings. The van der Waals surface area contributed by atoms with Gasteiger partial charge in [0.2, 0.25) is 0 Å². The molecule has 3 heterocycles. The fourth-order valence-electron chi connectivity index (χ4n) is 5.37. The second kappa shape index (κ2) is 11.1. The Balaban J connectivity index is 1.53. The van der Waals surface area contributed by atoms with Gasteiger partial charge in [0.1, 0.15) is 17.5 Å². The quantitative estimate of drug-likeness (QED) is 0.578. The fraction of sp³-hybridized carbons (Fsp3) is 0.643. The van der Waals surface area contributed by atoms with Gasteiger partial charge in [0, 0.05) is 62.3 Å². The standard InChI is InChI=1S/C28H42N4O4/c1-7-35-28(34)31-14-12-30(13-15-31)27(33)25-17-22-18-26(21(6)16-24(22)32(25)20(4)5)36-23-8-10-29(11-9-23)19(2)3/h16-20,23H,7-15H2,1-6H3. The largest absolute Gasteiger partial charge is 0.490 e. The average molecular weight is 499 g/mol. The summed E-state index contributed by atoms with van der Waals surface area (Å²) < 4.78 is 13.7. The highest BCUT2D eigenvalue weighted by molar-refractivity contribution is 5.99. The highest BCUT2D eigenvalue weighted by atomic mass is 16.6. The maximum Gasteiger partial charge on any atom is 0.409 e. The number of carbonyl (C=O) groups is 2. The maximum atomic E-state index is 13.6. The number of carbonyl (C=O) groups excluding carboxylic acids is 2. The SMILES string of the molecule is CCOC(=O)N1CCN(C(=O)c2cc3cc(OC4CCN(C(C)C)CC4)c(C)cc3n2C(C)C)CC1. The van der Waals surface area contributed by atoms with Crippen molar-refractivity contribution in [1.29, 1.82) is 0 Å². The number of hydrogen-bond acceptors (Lipinski definition) is 5. The molecule has 2 aliphatic rings. The summed E-state index contributed by atoms with van der Waals surface area (Å²) in [5, 5.41) is 1.03. The van der Waals surface area contributed by atoms with Crippen molar-refractivity contribution >= 4 is 22.9 Å². The Morgan fingerprint density at radius 2 is 1.56 bits per heavy atom.